The van der Waals surface area contributed by atoms with Gasteiger partial charge in [-0.2, -0.15) is 0 Å². The lowest BCUT2D eigenvalue weighted by molar-refractivity contribution is -0.144. The number of nitrogens with one attached hydrogen (secondary N) is 3. The first kappa shape index (κ1) is 27.3. The Morgan fingerprint density at radius 1 is 0.900 bits per heavy atom. The number of amides is 4. The Morgan fingerprint density at radius 3 is 1.80 bits per heavy atom. The molecule has 9 N–H and O–H groups in total. The molecule has 0 fully saturated rings. The van der Waals surface area contributed by atoms with E-state index in [0.29, 0.717) is 6.42 Å². The molecule has 0 aromatic heterocycles. The fraction of sp³-hybridized carbons (Fsp3) is 0.722. The Hall–Kier alpha value is -2.73. The van der Waals surface area contributed by atoms with Crippen LogP contribution in [0, 0.1) is 11.8 Å². The molecule has 5 unspecified atom stereocenters. The predicted molar refractivity (Wildman–Crippen MR) is 107 cm³/mol. The maximum Gasteiger partial charge on any atom is 0.326 e. The molecule has 5 atom stereocenters. The Bertz CT molecular complexity index is 640. The summed E-state index contributed by atoms with van der Waals surface area (Å²) in [5, 5.41) is 25.3. The molecule has 4 amide bonds. The smallest absolute Gasteiger partial charge is 0.326 e. The molecule has 12 nitrogen and oxygen atoms in total. The zero-order valence-corrected chi connectivity index (χ0v) is 17.7. The summed E-state index contributed by atoms with van der Waals surface area (Å²) in [5.74, 6) is -5.32. The molecule has 12 heteroatoms. The van der Waals surface area contributed by atoms with Crippen molar-refractivity contribution in [1.29, 1.82) is 0 Å². The number of aliphatic hydroxyl groups is 1. The van der Waals surface area contributed by atoms with E-state index in [-0.39, 0.29) is 11.8 Å². The molecule has 0 aromatic rings. The third kappa shape index (κ3) is 8.74. The molecule has 0 heterocycles. The van der Waals surface area contributed by atoms with Crippen LogP contribution in [0.5, 0.6) is 0 Å². The highest BCUT2D eigenvalue weighted by Crippen LogP contribution is 2.11. The van der Waals surface area contributed by atoms with E-state index in [0.717, 1.165) is 0 Å². The van der Waals surface area contributed by atoms with Crippen LogP contribution in [-0.4, -0.2) is 70.6 Å². The maximum absolute atomic E-state index is 12.8. The van der Waals surface area contributed by atoms with Gasteiger partial charge < -0.3 is 37.6 Å². The summed E-state index contributed by atoms with van der Waals surface area (Å²) in [6.07, 6.45) is -0.133. The van der Waals surface area contributed by atoms with E-state index in [1.807, 2.05) is 0 Å². The number of carboxylic acids is 1. The van der Waals surface area contributed by atoms with Gasteiger partial charge in [0.25, 0.3) is 0 Å². The first-order chi connectivity index (χ1) is 13.8. The lowest BCUT2D eigenvalue weighted by Crippen LogP contribution is -2.60. The van der Waals surface area contributed by atoms with Crippen LogP contribution in [0.2, 0.25) is 0 Å². The fourth-order valence-corrected chi connectivity index (χ4v) is 2.49. The minimum absolute atomic E-state index is 0.373. The third-order valence-corrected chi connectivity index (χ3v) is 4.59. The van der Waals surface area contributed by atoms with Crippen molar-refractivity contribution in [3.8, 4) is 0 Å². The average Bonchev–Trinajstić information content (AvgIpc) is 2.66. The highest BCUT2D eigenvalue weighted by atomic mass is 16.4. The quantitative estimate of drug-likeness (QED) is 0.164. The topological polar surface area (TPSA) is 214 Å². The van der Waals surface area contributed by atoms with Crippen molar-refractivity contribution < 1.29 is 34.2 Å². The molecule has 0 spiro atoms. The third-order valence-electron chi connectivity index (χ3n) is 4.59. The number of aliphatic carboxylic acids is 1. The van der Waals surface area contributed by atoms with Gasteiger partial charge in [-0.25, -0.2) is 4.79 Å². The standard InChI is InChI=1S/C18H33N5O7/c1-5-9(4)14(17(28)21-11(18(29)30)6-12(20)25)23-16(27)13(8(2)3)22-15(26)10(19)7-24/h8-11,13-14,24H,5-7,19H2,1-4H3,(H2,20,25)(H,21,28)(H,22,26)(H,23,27)(H,29,30). The van der Waals surface area contributed by atoms with Crippen LogP contribution >= 0.6 is 0 Å². The van der Waals surface area contributed by atoms with E-state index in [4.69, 9.17) is 16.6 Å². The van der Waals surface area contributed by atoms with Gasteiger partial charge in [-0.1, -0.05) is 34.1 Å². The van der Waals surface area contributed by atoms with Crippen molar-refractivity contribution >= 4 is 29.6 Å². The normalized spacial score (nSPS) is 16.0. The summed E-state index contributed by atoms with van der Waals surface area (Å²) in [5.41, 5.74) is 10.5. The van der Waals surface area contributed by atoms with Crippen LogP contribution in [0.4, 0.5) is 0 Å². The van der Waals surface area contributed by atoms with Crippen LogP contribution in [0.25, 0.3) is 0 Å². The molecule has 30 heavy (non-hydrogen) atoms. The zero-order valence-electron chi connectivity index (χ0n) is 17.7. The number of nitrogens with two attached hydrogens (primary N) is 2. The van der Waals surface area contributed by atoms with Gasteiger partial charge in [0.2, 0.25) is 23.6 Å². The average molecular weight is 431 g/mol. The monoisotopic (exact) mass is 431 g/mol. The molecular weight excluding hydrogens is 398 g/mol. The van der Waals surface area contributed by atoms with Crippen molar-refractivity contribution in [2.75, 3.05) is 6.61 Å². The summed E-state index contributed by atoms with van der Waals surface area (Å²) in [4.78, 5) is 59.7. The van der Waals surface area contributed by atoms with Crippen LogP contribution in [0.3, 0.4) is 0 Å². The van der Waals surface area contributed by atoms with Gasteiger partial charge in [-0.05, 0) is 11.8 Å². The van der Waals surface area contributed by atoms with E-state index in [9.17, 15) is 29.1 Å². The zero-order chi connectivity index (χ0) is 23.6. The summed E-state index contributed by atoms with van der Waals surface area (Å²) in [6.45, 7) is 6.18. The molecule has 0 rings (SSSR count). The van der Waals surface area contributed by atoms with Gasteiger partial charge >= 0.3 is 5.97 Å². The lowest BCUT2D eigenvalue weighted by Gasteiger charge is -2.29. The number of rotatable bonds is 13. The second-order valence-corrected chi connectivity index (χ2v) is 7.46. The van der Waals surface area contributed by atoms with E-state index in [1.165, 1.54) is 0 Å². The number of hydrogen-bond acceptors (Lipinski definition) is 7. The van der Waals surface area contributed by atoms with E-state index in [1.54, 1.807) is 27.7 Å². The summed E-state index contributed by atoms with van der Waals surface area (Å²) in [6, 6.07) is -4.92. The molecule has 0 radical (unpaired) electrons. The SMILES string of the molecule is CCC(C)C(NC(=O)C(NC(=O)C(N)CO)C(C)C)C(=O)NC(CC(N)=O)C(=O)O. The molecule has 0 bridgehead atoms. The highest BCUT2D eigenvalue weighted by Gasteiger charge is 2.34. The minimum atomic E-state index is -1.54. The van der Waals surface area contributed by atoms with Crippen LogP contribution < -0.4 is 27.4 Å². The maximum atomic E-state index is 12.8. The highest BCUT2D eigenvalue weighted by molar-refractivity contribution is 5.95. The molecular formula is C18H33N5O7. The molecule has 0 saturated heterocycles. The molecule has 0 aliphatic carbocycles. The van der Waals surface area contributed by atoms with Crippen molar-refractivity contribution in [3.05, 3.63) is 0 Å². The Kier molecular flexibility index (Phi) is 11.6. The van der Waals surface area contributed by atoms with Gasteiger partial charge in [-0.15, -0.1) is 0 Å². The van der Waals surface area contributed by atoms with Gasteiger partial charge in [0.1, 0.15) is 24.2 Å². The van der Waals surface area contributed by atoms with E-state index in [2.05, 4.69) is 16.0 Å². The van der Waals surface area contributed by atoms with Crippen molar-refractivity contribution in [2.45, 2.75) is 64.7 Å². The van der Waals surface area contributed by atoms with Gasteiger partial charge in [0.05, 0.1) is 13.0 Å². The van der Waals surface area contributed by atoms with Crippen molar-refractivity contribution in [1.82, 2.24) is 16.0 Å². The molecule has 0 saturated carbocycles. The van der Waals surface area contributed by atoms with Crippen LogP contribution in [0.15, 0.2) is 0 Å². The summed E-state index contributed by atoms with van der Waals surface area (Å²) < 4.78 is 0. The van der Waals surface area contributed by atoms with Gasteiger partial charge in [-0.3, -0.25) is 19.2 Å². The second kappa shape index (κ2) is 12.8. The Labute approximate surface area is 175 Å². The first-order valence-electron chi connectivity index (χ1n) is 9.64. The van der Waals surface area contributed by atoms with Crippen LogP contribution in [-0.2, 0) is 24.0 Å². The number of carbonyl (C=O) groups excluding carboxylic acids is 4. The number of carbonyl (C=O) groups is 5. The van der Waals surface area contributed by atoms with Crippen molar-refractivity contribution in [3.63, 3.8) is 0 Å². The van der Waals surface area contributed by atoms with Crippen LogP contribution in [0.1, 0.15) is 40.5 Å². The van der Waals surface area contributed by atoms with Gasteiger partial charge in [0, 0.05) is 0 Å². The van der Waals surface area contributed by atoms with E-state index < -0.39 is 66.8 Å². The number of carboxylic acid groups (broad SMARTS) is 1. The predicted octanol–water partition coefficient (Wildman–Crippen LogP) is -2.58. The summed E-state index contributed by atoms with van der Waals surface area (Å²) >= 11 is 0. The van der Waals surface area contributed by atoms with E-state index >= 15 is 0 Å². The first-order valence-corrected chi connectivity index (χ1v) is 9.64. The van der Waals surface area contributed by atoms with Crippen molar-refractivity contribution in [2.24, 2.45) is 23.3 Å². The number of primary amides is 1. The molecule has 172 valence electrons. The van der Waals surface area contributed by atoms with Gasteiger partial charge in [0.15, 0.2) is 0 Å². The lowest BCUT2D eigenvalue weighted by atomic mass is 9.96. The fourth-order valence-electron chi connectivity index (χ4n) is 2.49. The Morgan fingerprint density at radius 2 is 1.40 bits per heavy atom. The number of aliphatic hydroxyl groups excluding tert-OH is 1. The number of hydrogen-bond donors (Lipinski definition) is 7. The largest absolute Gasteiger partial charge is 0.480 e. The second-order valence-electron chi connectivity index (χ2n) is 7.46. The molecule has 0 aliphatic rings. The molecule has 0 aliphatic heterocycles. The summed E-state index contributed by atoms with van der Waals surface area (Å²) in [7, 11) is 0. The Balaban J connectivity index is 5.49. The molecule has 0 aromatic carbocycles. The minimum Gasteiger partial charge on any atom is -0.480 e.